The lowest BCUT2D eigenvalue weighted by molar-refractivity contribution is -0.384. The molecule has 0 amide bonds. The third-order valence-electron chi connectivity index (χ3n) is 5.00. The molecular weight excluding hydrogens is 376 g/mol. The average Bonchev–Trinajstić information content (AvgIpc) is 3.05. The van der Waals surface area contributed by atoms with Crippen molar-refractivity contribution in [3.8, 4) is 6.07 Å². The van der Waals surface area contributed by atoms with E-state index in [4.69, 9.17) is 0 Å². The van der Waals surface area contributed by atoms with Crippen molar-refractivity contribution in [3.63, 3.8) is 0 Å². The van der Waals surface area contributed by atoms with Crippen molar-refractivity contribution in [2.45, 2.75) is 26.2 Å². The molecule has 7 nitrogen and oxygen atoms in total. The number of benzene rings is 1. The van der Waals surface area contributed by atoms with Crippen molar-refractivity contribution in [3.05, 3.63) is 67.1 Å². The lowest BCUT2D eigenvalue weighted by Crippen LogP contribution is -2.20. The number of hydrogen-bond donors (Lipinski definition) is 0. The van der Waals surface area contributed by atoms with E-state index in [0.717, 1.165) is 24.8 Å². The summed E-state index contributed by atoms with van der Waals surface area (Å²) in [4.78, 5) is 29.8. The molecule has 4 rings (SSSR count). The first-order chi connectivity index (χ1) is 13.5. The summed E-state index contributed by atoms with van der Waals surface area (Å²) in [5.74, 6) is 0.597. The van der Waals surface area contributed by atoms with Crippen molar-refractivity contribution in [2.75, 3.05) is 0 Å². The highest BCUT2D eigenvalue weighted by Crippen LogP contribution is 2.35. The van der Waals surface area contributed by atoms with E-state index >= 15 is 0 Å². The number of nitriles is 1. The Hall–Kier alpha value is -3.31. The Morgan fingerprint density at radius 2 is 2.18 bits per heavy atom. The summed E-state index contributed by atoms with van der Waals surface area (Å²) in [6.07, 6.45) is 5.76. The summed E-state index contributed by atoms with van der Waals surface area (Å²) in [7, 11) is 0. The summed E-state index contributed by atoms with van der Waals surface area (Å²) >= 11 is 1.56. The Balaban J connectivity index is 1.81. The van der Waals surface area contributed by atoms with E-state index in [1.807, 2.05) is 6.07 Å². The molecule has 0 spiro atoms. The number of nitrogens with zero attached hydrogens (tertiary/aromatic N) is 4. The molecule has 0 aliphatic heterocycles. The van der Waals surface area contributed by atoms with Gasteiger partial charge in [-0.25, -0.2) is 4.98 Å². The van der Waals surface area contributed by atoms with E-state index in [2.05, 4.69) is 11.9 Å². The Bertz CT molecular complexity index is 1220. The first kappa shape index (κ1) is 18.1. The lowest BCUT2D eigenvalue weighted by atomic mass is 9.89. The van der Waals surface area contributed by atoms with E-state index in [9.17, 15) is 20.2 Å². The summed E-state index contributed by atoms with van der Waals surface area (Å²) in [5.41, 5.74) is 1.51. The van der Waals surface area contributed by atoms with Gasteiger partial charge in [-0.3, -0.25) is 19.5 Å². The summed E-state index contributed by atoms with van der Waals surface area (Å²) < 4.78 is 1.26. The van der Waals surface area contributed by atoms with Crippen LogP contribution in [0.3, 0.4) is 0 Å². The molecule has 0 fully saturated rings. The Morgan fingerprint density at radius 1 is 1.43 bits per heavy atom. The fourth-order valence-electron chi connectivity index (χ4n) is 3.51. The lowest BCUT2D eigenvalue weighted by Gasteiger charge is -2.17. The number of rotatable bonds is 3. The van der Waals surface area contributed by atoms with E-state index in [-0.39, 0.29) is 16.9 Å². The van der Waals surface area contributed by atoms with Crippen molar-refractivity contribution >= 4 is 39.0 Å². The van der Waals surface area contributed by atoms with Crippen LogP contribution in [0.15, 0.2) is 35.4 Å². The van der Waals surface area contributed by atoms with Crippen molar-refractivity contribution in [1.82, 2.24) is 9.55 Å². The highest BCUT2D eigenvalue weighted by molar-refractivity contribution is 7.18. The maximum absolute atomic E-state index is 13.1. The van der Waals surface area contributed by atoms with Crippen LogP contribution < -0.4 is 5.56 Å². The molecule has 1 aromatic carbocycles. The second kappa shape index (κ2) is 7.02. The topological polar surface area (TPSA) is 102 Å². The molecule has 1 aliphatic rings. The van der Waals surface area contributed by atoms with Crippen molar-refractivity contribution < 1.29 is 4.92 Å². The van der Waals surface area contributed by atoms with Crippen LogP contribution in [0.25, 0.3) is 22.0 Å². The van der Waals surface area contributed by atoms with Gasteiger partial charge in [-0.1, -0.05) is 6.92 Å². The molecule has 0 N–H and O–H groups in total. The third-order valence-corrected chi connectivity index (χ3v) is 6.16. The molecule has 0 radical (unpaired) electrons. The summed E-state index contributed by atoms with van der Waals surface area (Å²) in [6.45, 7) is 2.21. The van der Waals surface area contributed by atoms with Gasteiger partial charge in [-0.15, -0.1) is 11.3 Å². The molecule has 1 atom stereocenters. The summed E-state index contributed by atoms with van der Waals surface area (Å²) in [5, 5.41) is 21.0. The van der Waals surface area contributed by atoms with Crippen LogP contribution in [0.2, 0.25) is 0 Å². The predicted molar refractivity (Wildman–Crippen MR) is 108 cm³/mol. The van der Waals surface area contributed by atoms with Crippen LogP contribution in [-0.4, -0.2) is 14.5 Å². The normalized spacial score (nSPS) is 16.6. The van der Waals surface area contributed by atoms with Crippen molar-refractivity contribution in [2.24, 2.45) is 5.92 Å². The second-order valence-corrected chi connectivity index (χ2v) is 8.03. The largest absolute Gasteiger partial charge is 0.269 e. The fourth-order valence-corrected chi connectivity index (χ4v) is 4.85. The zero-order chi connectivity index (χ0) is 19.8. The maximum Gasteiger partial charge on any atom is 0.269 e. The van der Waals surface area contributed by atoms with Gasteiger partial charge in [0.15, 0.2) is 0 Å². The molecule has 1 aliphatic carbocycles. The van der Waals surface area contributed by atoms with Gasteiger partial charge in [0.05, 0.1) is 10.3 Å². The van der Waals surface area contributed by atoms with Crippen LogP contribution in [0.5, 0.6) is 0 Å². The average molecular weight is 392 g/mol. The van der Waals surface area contributed by atoms with Crippen LogP contribution >= 0.6 is 11.3 Å². The van der Waals surface area contributed by atoms with Crippen LogP contribution in [-0.2, 0) is 12.8 Å². The number of fused-ring (bicyclic) bond motifs is 3. The van der Waals surface area contributed by atoms with Gasteiger partial charge in [0.1, 0.15) is 22.9 Å². The molecule has 0 saturated carbocycles. The third kappa shape index (κ3) is 3.10. The number of hydrogen-bond acceptors (Lipinski definition) is 6. The molecule has 1 unspecified atom stereocenters. The minimum atomic E-state index is -0.485. The Morgan fingerprint density at radius 3 is 2.86 bits per heavy atom. The van der Waals surface area contributed by atoms with Gasteiger partial charge in [-0.05, 0) is 54.5 Å². The zero-order valence-electron chi connectivity index (χ0n) is 15.1. The van der Waals surface area contributed by atoms with E-state index in [1.54, 1.807) is 23.5 Å². The van der Waals surface area contributed by atoms with Gasteiger partial charge >= 0.3 is 0 Å². The molecule has 2 heterocycles. The predicted octanol–water partition coefficient (Wildman–Crippen LogP) is 4.01. The first-order valence-corrected chi connectivity index (χ1v) is 9.68. The molecule has 28 heavy (non-hydrogen) atoms. The van der Waals surface area contributed by atoms with Crippen LogP contribution in [0, 0.1) is 27.4 Å². The monoisotopic (exact) mass is 392 g/mol. The van der Waals surface area contributed by atoms with Gasteiger partial charge < -0.3 is 0 Å². The molecule has 0 saturated heterocycles. The number of thiophene rings is 1. The number of aromatic nitrogens is 2. The SMILES string of the molecule is CC1CCc2c(sc3ncn(C(C#N)=Cc4ccc([N+](=O)[O-])cc4)c(=O)c23)C1. The standard InChI is InChI=1S/C20H16N4O3S/c1-12-2-7-16-17(8-12)28-19-18(16)20(25)23(11-22-19)15(10-21)9-13-3-5-14(6-4-13)24(26)27/h3-6,9,11-12H,2,7-8H2,1H3. The number of aryl methyl sites for hydroxylation is 1. The zero-order valence-corrected chi connectivity index (χ0v) is 15.9. The smallest absolute Gasteiger partial charge is 0.268 e. The fraction of sp³-hybridized carbons (Fsp3) is 0.250. The minimum Gasteiger partial charge on any atom is -0.268 e. The van der Waals surface area contributed by atoms with Crippen LogP contribution in [0.4, 0.5) is 5.69 Å². The highest BCUT2D eigenvalue weighted by Gasteiger charge is 2.23. The molecule has 8 heteroatoms. The van der Waals surface area contributed by atoms with E-state index < -0.39 is 4.92 Å². The van der Waals surface area contributed by atoms with Gasteiger partial charge in [0.25, 0.3) is 11.2 Å². The minimum absolute atomic E-state index is 0.0324. The number of nitro groups is 1. The molecule has 0 bridgehead atoms. The molecule has 140 valence electrons. The molecule has 3 aromatic rings. The quantitative estimate of drug-likeness (QED) is 0.381. The first-order valence-electron chi connectivity index (χ1n) is 8.86. The van der Waals surface area contributed by atoms with Gasteiger partial charge in [0.2, 0.25) is 0 Å². The second-order valence-electron chi connectivity index (χ2n) is 6.94. The number of nitro benzene ring substituents is 1. The van der Waals surface area contributed by atoms with Gasteiger partial charge in [0, 0.05) is 17.0 Å². The van der Waals surface area contributed by atoms with E-state index in [1.165, 1.54) is 34.0 Å². The molecule has 2 aromatic heterocycles. The van der Waals surface area contributed by atoms with E-state index in [0.29, 0.717) is 21.7 Å². The Labute approximate surface area is 164 Å². The van der Waals surface area contributed by atoms with Crippen LogP contribution in [0.1, 0.15) is 29.3 Å². The number of allylic oxidation sites excluding steroid dienone is 1. The number of non-ortho nitro benzene ring substituents is 1. The molecular formula is C20H16N4O3S. The highest BCUT2D eigenvalue weighted by atomic mass is 32.1. The maximum atomic E-state index is 13.1. The van der Waals surface area contributed by atoms with Crippen molar-refractivity contribution in [1.29, 1.82) is 5.26 Å². The Kier molecular flexibility index (Phi) is 4.53. The summed E-state index contributed by atoms with van der Waals surface area (Å²) in [6, 6.07) is 7.85. The van der Waals surface area contributed by atoms with Gasteiger partial charge in [-0.2, -0.15) is 5.26 Å².